The van der Waals surface area contributed by atoms with Gasteiger partial charge in [0.2, 0.25) is 0 Å². The summed E-state index contributed by atoms with van der Waals surface area (Å²) < 4.78 is 5.05. The summed E-state index contributed by atoms with van der Waals surface area (Å²) in [6.45, 7) is 0. The summed E-state index contributed by atoms with van der Waals surface area (Å²) in [5.74, 6) is 0.690. The van der Waals surface area contributed by atoms with E-state index >= 15 is 0 Å². The van der Waals surface area contributed by atoms with E-state index in [1.54, 1.807) is 25.3 Å². The molecule has 0 unspecified atom stereocenters. The van der Waals surface area contributed by atoms with E-state index in [4.69, 9.17) is 4.74 Å². The number of methoxy groups -OCH3 is 1. The molecule has 0 atom stereocenters. The standard InChI is InChI=1S/C10H8N2O2/c1-14-7-2-3-9-8(4-7)10(5-13)12-6-11-9/h2-6H,1H3. The van der Waals surface area contributed by atoms with Gasteiger partial charge in [0.25, 0.3) is 0 Å². The van der Waals surface area contributed by atoms with Gasteiger partial charge in [-0.1, -0.05) is 0 Å². The Morgan fingerprint density at radius 3 is 2.93 bits per heavy atom. The molecule has 0 aliphatic rings. The van der Waals surface area contributed by atoms with Gasteiger partial charge in [-0.3, -0.25) is 4.79 Å². The van der Waals surface area contributed by atoms with E-state index in [0.717, 1.165) is 5.52 Å². The van der Waals surface area contributed by atoms with Crippen molar-refractivity contribution in [2.45, 2.75) is 0 Å². The summed E-state index contributed by atoms with van der Waals surface area (Å²) in [5.41, 5.74) is 1.12. The molecule has 1 aromatic carbocycles. The predicted octanol–water partition coefficient (Wildman–Crippen LogP) is 1.45. The maximum absolute atomic E-state index is 10.7. The van der Waals surface area contributed by atoms with Gasteiger partial charge in [0, 0.05) is 5.39 Å². The van der Waals surface area contributed by atoms with E-state index in [9.17, 15) is 4.79 Å². The molecule has 0 spiro atoms. The normalized spacial score (nSPS) is 10.1. The Labute approximate surface area is 80.6 Å². The first-order valence-corrected chi connectivity index (χ1v) is 4.09. The monoisotopic (exact) mass is 188 g/mol. The number of nitrogens with zero attached hydrogens (tertiary/aromatic N) is 2. The third kappa shape index (κ3) is 1.31. The fraction of sp³-hybridized carbons (Fsp3) is 0.100. The number of carbonyl (C=O) groups is 1. The van der Waals surface area contributed by atoms with Gasteiger partial charge >= 0.3 is 0 Å². The maximum Gasteiger partial charge on any atom is 0.169 e. The molecule has 0 saturated heterocycles. The number of carbonyl (C=O) groups excluding carboxylic acids is 1. The number of ether oxygens (including phenoxy) is 1. The summed E-state index contributed by atoms with van der Waals surface area (Å²) in [7, 11) is 1.57. The van der Waals surface area contributed by atoms with Crippen LogP contribution in [0.3, 0.4) is 0 Å². The van der Waals surface area contributed by atoms with Crippen LogP contribution in [0.5, 0.6) is 5.75 Å². The van der Waals surface area contributed by atoms with Crippen molar-refractivity contribution in [1.29, 1.82) is 0 Å². The average Bonchev–Trinajstić information content (AvgIpc) is 2.27. The Morgan fingerprint density at radius 1 is 1.36 bits per heavy atom. The first kappa shape index (κ1) is 8.62. The lowest BCUT2D eigenvalue weighted by Gasteiger charge is -2.02. The lowest BCUT2D eigenvalue weighted by Crippen LogP contribution is -1.92. The van der Waals surface area contributed by atoms with Gasteiger partial charge in [-0.15, -0.1) is 0 Å². The number of aromatic nitrogens is 2. The summed E-state index contributed by atoms with van der Waals surface area (Å²) in [6, 6.07) is 5.34. The van der Waals surface area contributed by atoms with Crippen LogP contribution in [-0.2, 0) is 0 Å². The van der Waals surface area contributed by atoms with Crippen LogP contribution in [0.25, 0.3) is 10.9 Å². The van der Waals surface area contributed by atoms with Gasteiger partial charge in [0.05, 0.1) is 12.6 Å². The number of hydrogen-bond acceptors (Lipinski definition) is 4. The van der Waals surface area contributed by atoms with Gasteiger partial charge in [0.15, 0.2) is 6.29 Å². The third-order valence-corrected chi connectivity index (χ3v) is 1.98. The zero-order chi connectivity index (χ0) is 9.97. The van der Waals surface area contributed by atoms with Gasteiger partial charge in [-0.25, -0.2) is 9.97 Å². The predicted molar refractivity (Wildman–Crippen MR) is 51.5 cm³/mol. The molecular formula is C10H8N2O2. The Hall–Kier alpha value is -1.97. The fourth-order valence-corrected chi connectivity index (χ4v) is 1.28. The van der Waals surface area contributed by atoms with Crippen molar-refractivity contribution in [2.24, 2.45) is 0 Å². The van der Waals surface area contributed by atoms with Crippen molar-refractivity contribution < 1.29 is 9.53 Å². The van der Waals surface area contributed by atoms with Crippen LogP contribution >= 0.6 is 0 Å². The molecule has 0 fully saturated rings. The van der Waals surface area contributed by atoms with Crippen molar-refractivity contribution >= 4 is 17.2 Å². The summed E-state index contributed by atoms with van der Waals surface area (Å²) in [4.78, 5) is 18.6. The van der Waals surface area contributed by atoms with Gasteiger partial charge in [-0.2, -0.15) is 0 Å². The van der Waals surface area contributed by atoms with Crippen LogP contribution in [0.4, 0.5) is 0 Å². The highest BCUT2D eigenvalue weighted by atomic mass is 16.5. The molecule has 1 heterocycles. The molecule has 0 saturated carbocycles. The molecule has 0 aliphatic heterocycles. The molecule has 0 amide bonds. The Kier molecular flexibility index (Phi) is 2.10. The second-order valence-electron chi connectivity index (χ2n) is 2.76. The SMILES string of the molecule is COc1ccc2ncnc(C=O)c2c1. The van der Waals surface area contributed by atoms with Crippen molar-refractivity contribution in [3.8, 4) is 5.75 Å². The minimum Gasteiger partial charge on any atom is -0.497 e. The molecule has 4 nitrogen and oxygen atoms in total. The van der Waals surface area contributed by atoms with E-state index in [1.807, 2.05) is 0 Å². The third-order valence-electron chi connectivity index (χ3n) is 1.98. The topological polar surface area (TPSA) is 52.1 Å². The van der Waals surface area contributed by atoms with Crippen molar-refractivity contribution in [3.05, 3.63) is 30.2 Å². The molecule has 4 heteroatoms. The Bertz CT molecular complexity index is 483. The second-order valence-corrected chi connectivity index (χ2v) is 2.76. The first-order valence-electron chi connectivity index (χ1n) is 4.09. The number of rotatable bonds is 2. The van der Waals surface area contributed by atoms with Crippen LogP contribution in [0, 0.1) is 0 Å². The highest BCUT2D eigenvalue weighted by Crippen LogP contribution is 2.19. The molecule has 1 aromatic heterocycles. The molecule has 0 aliphatic carbocycles. The van der Waals surface area contributed by atoms with Gasteiger partial charge in [-0.05, 0) is 18.2 Å². The number of fused-ring (bicyclic) bond motifs is 1. The highest BCUT2D eigenvalue weighted by Gasteiger charge is 2.03. The highest BCUT2D eigenvalue weighted by molar-refractivity contribution is 5.94. The van der Waals surface area contributed by atoms with E-state index in [-0.39, 0.29) is 0 Å². The minimum absolute atomic E-state index is 0.383. The Balaban J connectivity index is 2.76. The Morgan fingerprint density at radius 2 is 2.21 bits per heavy atom. The van der Waals surface area contributed by atoms with Crippen LogP contribution in [0.1, 0.15) is 10.5 Å². The first-order chi connectivity index (χ1) is 6.85. The lowest BCUT2D eigenvalue weighted by atomic mass is 10.2. The van der Waals surface area contributed by atoms with Crippen LogP contribution < -0.4 is 4.74 Å². The van der Waals surface area contributed by atoms with Crippen LogP contribution in [-0.4, -0.2) is 23.4 Å². The zero-order valence-corrected chi connectivity index (χ0v) is 7.60. The number of benzene rings is 1. The molecule has 0 bridgehead atoms. The number of aldehydes is 1. The molecule has 0 radical (unpaired) electrons. The van der Waals surface area contributed by atoms with Crippen LogP contribution in [0.2, 0.25) is 0 Å². The molecule has 0 N–H and O–H groups in total. The summed E-state index contributed by atoms with van der Waals surface area (Å²) in [6.07, 6.45) is 2.09. The smallest absolute Gasteiger partial charge is 0.169 e. The van der Waals surface area contributed by atoms with E-state index in [0.29, 0.717) is 23.1 Å². The van der Waals surface area contributed by atoms with Gasteiger partial charge < -0.3 is 4.74 Å². The largest absolute Gasteiger partial charge is 0.497 e. The maximum atomic E-state index is 10.7. The summed E-state index contributed by atoms with van der Waals surface area (Å²) in [5, 5.41) is 0.710. The van der Waals surface area contributed by atoms with Crippen molar-refractivity contribution in [3.63, 3.8) is 0 Å². The molecular weight excluding hydrogens is 180 g/mol. The molecule has 2 aromatic rings. The molecule has 14 heavy (non-hydrogen) atoms. The summed E-state index contributed by atoms with van der Waals surface area (Å²) >= 11 is 0. The van der Waals surface area contributed by atoms with Gasteiger partial charge in [0.1, 0.15) is 17.8 Å². The van der Waals surface area contributed by atoms with E-state index in [1.165, 1.54) is 6.33 Å². The number of hydrogen-bond donors (Lipinski definition) is 0. The van der Waals surface area contributed by atoms with E-state index < -0.39 is 0 Å². The fourth-order valence-electron chi connectivity index (χ4n) is 1.28. The quantitative estimate of drug-likeness (QED) is 0.669. The van der Waals surface area contributed by atoms with E-state index in [2.05, 4.69) is 9.97 Å². The lowest BCUT2D eigenvalue weighted by molar-refractivity contribution is 0.112. The second kappa shape index (κ2) is 3.41. The minimum atomic E-state index is 0.383. The molecule has 70 valence electrons. The average molecular weight is 188 g/mol. The van der Waals surface area contributed by atoms with Crippen LogP contribution in [0.15, 0.2) is 24.5 Å². The zero-order valence-electron chi connectivity index (χ0n) is 7.60. The van der Waals surface area contributed by atoms with Crippen molar-refractivity contribution in [2.75, 3.05) is 7.11 Å². The van der Waals surface area contributed by atoms with Crippen molar-refractivity contribution in [1.82, 2.24) is 9.97 Å². The molecule has 2 rings (SSSR count).